The molecule has 0 spiro atoms. The fourth-order valence-corrected chi connectivity index (χ4v) is 1.21. The summed E-state index contributed by atoms with van der Waals surface area (Å²) in [5, 5.41) is 0. The maximum atomic E-state index is 11.4. The summed E-state index contributed by atoms with van der Waals surface area (Å²) in [6, 6.07) is 0. The van der Waals surface area contributed by atoms with Crippen molar-refractivity contribution in [3.63, 3.8) is 0 Å². The van der Waals surface area contributed by atoms with E-state index >= 15 is 0 Å². The Morgan fingerprint density at radius 3 is 2.33 bits per heavy atom. The van der Waals surface area contributed by atoms with E-state index in [1.807, 2.05) is 0 Å². The SMILES string of the molecule is C=C1C(=O)O[C@H](COC(C)=O)O[C@@H]1COC(C)=O. The zero-order valence-corrected chi connectivity index (χ0v) is 10.1. The van der Waals surface area contributed by atoms with Gasteiger partial charge in [0.05, 0.1) is 5.57 Å². The van der Waals surface area contributed by atoms with Crippen LogP contribution in [-0.4, -0.2) is 43.5 Å². The van der Waals surface area contributed by atoms with Crippen molar-refractivity contribution in [3.8, 4) is 0 Å². The van der Waals surface area contributed by atoms with E-state index in [1.54, 1.807) is 0 Å². The Morgan fingerprint density at radius 2 is 1.78 bits per heavy atom. The Morgan fingerprint density at radius 1 is 1.22 bits per heavy atom. The van der Waals surface area contributed by atoms with Crippen molar-refractivity contribution in [3.05, 3.63) is 12.2 Å². The Balaban J connectivity index is 2.54. The Bertz CT molecular complexity index is 374. The predicted molar refractivity (Wildman–Crippen MR) is 57.2 cm³/mol. The third-order valence-corrected chi connectivity index (χ3v) is 2.07. The highest BCUT2D eigenvalue weighted by atomic mass is 16.7. The van der Waals surface area contributed by atoms with Crippen molar-refractivity contribution in [2.75, 3.05) is 13.2 Å². The van der Waals surface area contributed by atoms with Crippen LogP contribution in [0.5, 0.6) is 0 Å². The molecule has 1 heterocycles. The second kappa shape index (κ2) is 6.15. The summed E-state index contributed by atoms with van der Waals surface area (Å²) in [4.78, 5) is 32.7. The van der Waals surface area contributed by atoms with E-state index in [0.717, 1.165) is 0 Å². The monoisotopic (exact) mass is 258 g/mol. The van der Waals surface area contributed by atoms with Crippen molar-refractivity contribution in [1.82, 2.24) is 0 Å². The number of carbonyl (C=O) groups excluding carboxylic acids is 3. The van der Waals surface area contributed by atoms with E-state index in [4.69, 9.17) is 14.2 Å². The molecule has 1 rings (SSSR count). The van der Waals surface area contributed by atoms with Crippen LogP contribution >= 0.6 is 0 Å². The first kappa shape index (κ1) is 14.2. The topological polar surface area (TPSA) is 88.1 Å². The summed E-state index contributed by atoms with van der Waals surface area (Å²) in [5.41, 5.74) is 0.0512. The highest BCUT2D eigenvalue weighted by Crippen LogP contribution is 2.18. The molecule has 1 aliphatic heterocycles. The van der Waals surface area contributed by atoms with Crippen LogP contribution in [0.4, 0.5) is 0 Å². The molecule has 0 unspecified atom stereocenters. The van der Waals surface area contributed by atoms with Gasteiger partial charge in [-0.15, -0.1) is 0 Å². The number of hydrogen-bond donors (Lipinski definition) is 0. The molecule has 0 aromatic carbocycles. The van der Waals surface area contributed by atoms with Gasteiger partial charge in [-0.1, -0.05) is 6.58 Å². The molecular formula is C11H14O7. The fraction of sp³-hybridized carbons (Fsp3) is 0.545. The predicted octanol–water partition coefficient (Wildman–Crippen LogP) is -0.0631. The van der Waals surface area contributed by atoms with Gasteiger partial charge < -0.3 is 18.9 Å². The third-order valence-electron chi connectivity index (χ3n) is 2.07. The van der Waals surface area contributed by atoms with Crippen LogP contribution in [0.15, 0.2) is 12.2 Å². The fourth-order valence-electron chi connectivity index (χ4n) is 1.21. The summed E-state index contributed by atoms with van der Waals surface area (Å²) in [5.74, 6) is -1.69. The van der Waals surface area contributed by atoms with Crippen LogP contribution in [-0.2, 0) is 33.3 Å². The van der Waals surface area contributed by atoms with E-state index in [0.29, 0.717) is 0 Å². The Hall–Kier alpha value is -1.89. The molecule has 0 aromatic heterocycles. The third kappa shape index (κ3) is 4.17. The maximum Gasteiger partial charge on any atom is 0.338 e. The summed E-state index contributed by atoms with van der Waals surface area (Å²) in [7, 11) is 0. The zero-order valence-electron chi connectivity index (χ0n) is 10.1. The van der Waals surface area contributed by atoms with Gasteiger partial charge >= 0.3 is 17.9 Å². The van der Waals surface area contributed by atoms with E-state index in [9.17, 15) is 14.4 Å². The van der Waals surface area contributed by atoms with E-state index < -0.39 is 30.3 Å². The molecule has 0 aliphatic carbocycles. The van der Waals surface area contributed by atoms with Crippen LogP contribution in [0.3, 0.4) is 0 Å². The quantitative estimate of drug-likeness (QED) is 0.396. The number of esters is 3. The number of hydrogen-bond acceptors (Lipinski definition) is 7. The van der Waals surface area contributed by atoms with Gasteiger partial charge in [-0.05, 0) is 0 Å². The normalized spacial score (nSPS) is 23.2. The number of carbonyl (C=O) groups is 3. The average molecular weight is 258 g/mol. The van der Waals surface area contributed by atoms with Crippen LogP contribution < -0.4 is 0 Å². The van der Waals surface area contributed by atoms with Crippen LogP contribution in [0.25, 0.3) is 0 Å². The van der Waals surface area contributed by atoms with Gasteiger partial charge in [0.15, 0.2) is 6.61 Å². The molecule has 0 N–H and O–H groups in total. The van der Waals surface area contributed by atoms with E-state index in [-0.39, 0.29) is 18.8 Å². The van der Waals surface area contributed by atoms with E-state index in [2.05, 4.69) is 11.3 Å². The molecule has 18 heavy (non-hydrogen) atoms. The average Bonchev–Trinajstić information content (AvgIpc) is 2.28. The first-order chi connectivity index (χ1) is 8.40. The second-order valence-electron chi connectivity index (χ2n) is 3.59. The molecule has 1 saturated heterocycles. The molecule has 7 heteroatoms. The van der Waals surface area contributed by atoms with Gasteiger partial charge in [0.1, 0.15) is 12.7 Å². The van der Waals surface area contributed by atoms with Crippen LogP contribution in [0.1, 0.15) is 13.8 Å². The molecule has 100 valence electrons. The second-order valence-corrected chi connectivity index (χ2v) is 3.59. The first-order valence-corrected chi connectivity index (χ1v) is 5.22. The van der Waals surface area contributed by atoms with Gasteiger partial charge in [0.2, 0.25) is 6.29 Å². The van der Waals surface area contributed by atoms with Crippen molar-refractivity contribution in [2.24, 2.45) is 0 Å². The van der Waals surface area contributed by atoms with Crippen molar-refractivity contribution in [2.45, 2.75) is 26.2 Å². The smallest absolute Gasteiger partial charge is 0.338 e. The largest absolute Gasteiger partial charge is 0.463 e. The van der Waals surface area contributed by atoms with Crippen LogP contribution in [0, 0.1) is 0 Å². The summed E-state index contributed by atoms with van der Waals surface area (Å²) >= 11 is 0. The molecule has 0 bridgehead atoms. The van der Waals surface area contributed by atoms with Gasteiger partial charge in [-0.2, -0.15) is 0 Å². The lowest BCUT2D eigenvalue weighted by molar-refractivity contribution is -0.219. The summed E-state index contributed by atoms with van der Waals surface area (Å²) in [6.45, 7) is 5.59. The number of rotatable bonds is 4. The molecule has 2 atom stereocenters. The summed E-state index contributed by atoms with van der Waals surface area (Å²) in [6.07, 6.45) is -1.82. The minimum atomic E-state index is -1.02. The molecule has 0 aromatic rings. The van der Waals surface area contributed by atoms with Gasteiger partial charge in [0.25, 0.3) is 0 Å². The van der Waals surface area contributed by atoms with Crippen LogP contribution in [0.2, 0.25) is 0 Å². The molecular weight excluding hydrogens is 244 g/mol. The highest BCUT2D eigenvalue weighted by Gasteiger charge is 2.34. The molecule has 7 nitrogen and oxygen atoms in total. The Kier molecular flexibility index (Phi) is 4.85. The lowest BCUT2D eigenvalue weighted by Crippen LogP contribution is -2.42. The molecule has 0 radical (unpaired) electrons. The molecule has 0 amide bonds. The van der Waals surface area contributed by atoms with Crippen molar-refractivity contribution in [1.29, 1.82) is 0 Å². The zero-order chi connectivity index (χ0) is 13.7. The number of ether oxygens (including phenoxy) is 4. The van der Waals surface area contributed by atoms with E-state index in [1.165, 1.54) is 13.8 Å². The van der Waals surface area contributed by atoms with Gasteiger partial charge in [-0.3, -0.25) is 9.59 Å². The van der Waals surface area contributed by atoms with Crippen molar-refractivity contribution >= 4 is 17.9 Å². The summed E-state index contributed by atoms with van der Waals surface area (Å²) < 4.78 is 19.5. The first-order valence-electron chi connectivity index (χ1n) is 5.22. The number of cyclic esters (lactones) is 1. The lowest BCUT2D eigenvalue weighted by Gasteiger charge is -2.30. The van der Waals surface area contributed by atoms with Gasteiger partial charge in [0, 0.05) is 13.8 Å². The molecule has 0 saturated carbocycles. The maximum absolute atomic E-state index is 11.4. The molecule has 1 fully saturated rings. The Labute approximate surface area is 104 Å². The van der Waals surface area contributed by atoms with Crippen molar-refractivity contribution < 1.29 is 33.3 Å². The molecule has 1 aliphatic rings. The van der Waals surface area contributed by atoms with Gasteiger partial charge in [-0.25, -0.2) is 4.79 Å². The highest BCUT2D eigenvalue weighted by molar-refractivity contribution is 5.89. The lowest BCUT2D eigenvalue weighted by atomic mass is 10.1. The minimum absolute atomic E-state index is 0.0512. The minimum Gasteiger partial charge on any atom is -0.463 e. The standard InChI is InChI=1S/C11H14O7/c1-6-9(4-15-7(2)12)17-10(18-11(6)14)5-16-8(3)13/h9-10H,1,4-5H2,2-3H3/t9-,10-/m1/s1.